The summed E-state index contributed by atoms with van der Waals surface area (Å²) in [5, 5.41) is 3.30. The number of likely N-dealkylation sites (tertiary alicyclic amines) is 1. The number of amides is 1. The molecule has 10 nitrogen and oxygen atoms in total. The molecule has 0 aliphatic carbocycles. The average molecular weight is 573 g/mol. The molecular weight excluding hydrogens is 550 g/mol. The molecule has 0 spiro atoms. The number of aromatic nitrogens is 2. The van der Waals surface area contributed by atoms with Gasteiger partial charge < -0.3 is 19.7 Å². The van der Waals surface area contributed by atoms with Crippen molar-refractivity contribution in [2.75, 3.05) is 31.8 Å². The van der Waals surface area contributed by atoms with Crippen molar-refractivity contribution in [1.82, 2.24) is 14.9 Å². The number of nitrogens with zero attached hydrogens (tertiary/aromatic N) is 3. The predicted molar refractivity (Wildman–Crippen MR) is 137 cm³/mol. The average Bonchev–Trinajstić information content (AvgIpc) is 3.31. The minimum atomic E-state index is -3.77. The van der Waals surface area contributed by atoms with Gasteiger partial charge in [0.15, 0.2) is 23.4 Å². The van der Waals surface area contributed by atoms with E-state index in [2.05, 4.69) is 15.3 Å². The van der Waals surface area contributed by atoms with Gasteiger partial charge >= 0.3 is 0 Å². The molecule has 4 rings (SSSR count). The Morgan fingerprint density at radius 3 is 2.70 bits per heavy atom. The molecule has 2 heterocycles. The van der Waals surface area contributed by atoms with Gasteiger partial charge in [0.25, 0.3) is 16.0 Å². The van der Waals surface area contributed by atoms with E-state index in [0.29, 0.717) is 41.2 Å². The largest absolute Gasteiger partial charge is 0.493 e. The fraction of sp³-hybridized carbons (Fsp3) is 0.348. The van der Waals surface area contributed by atoms with Crippen molar-refractivity contribution < 1.29 is 31.3 Å². The summed E-state index contributed by atoms with van der Waals surface area (Å²) in [6, 6.07) is 6.22. The number of halogens is 3. The van der Waals surface area contributed by atoms with Crippen molar-refractivity contribution in [3.8, 4) is 11.5 Å². The van der Waals surface area contributed by atoms with Crippen LogP contribution in [-0.4, -0.2) is 67.9 Å². The first-order valence-corrected chi connectivity index (χ1v) is 13.6. The lowest BCUT2D eigenvalue weighted by molar-refractivity contribution is -0.136. The zero-order chi connectivity index (χ0) is 26.9. The smallest absolute Gasteiger partial charge is 0.265 e. The van der Waals surface area contributed by atoms with Gasteiger partial charge in [-0.15, -0.1) is 0 Å². The molecule has 1 aliphatic heterocycles. The number of ether oxygens (including phenoxy) is 2. The van der Waals surface area contributed by atoms with Gasteiger partial charge in [0, 0.05) is 24.4 Å². The third-order valence-electron chi connectivity index (χ3n) is 5.63. The second-order valence-electron chi connectivity index (χ2n) is 8.35. The van der Waals surface area contributed by atoms with Crippen LogP contribution in [0.5, 0.6) is 11.5 Å². The molecule has 0 saturated carbocycles. The Labute approximate surface area is 222 Å². The van der Waals surface area contributed by atoms with Gasteiger partial charge in [-0.3, -0.25) is 8.98 Å². The van der Waals surface area contributed by atoms with Gasteiger partial charge in [-0.1, -0.05) is 23.2 Å². The number of hydrogen-bond donors (Lipinski definition) is 1. The predicted octanol–water partition coefficient (Wildman–Crippen LogP) is 4.17. The van der Waals surface area contributed by atoms with E-state index in [1.54, 1.807) is 12.1 Å². The molecule has 1 fully saturated rings. The summed E-state index contributed by atoms with van der Waals surface area (Å²) in [5.41, 5.74) is 0.584. The second-order valence-corrected chi connectivity index (χ2v) is 10.7. The third kappa shape index (κ3) is 6.15. The van der Waals surface area contributed by atoms with Crippen molar-refractivity contribution in [3.63, 3.8) is 0 Å². The maximum atomic E-state index is 14.6. The summed E-state index contributed by atoms with van der Waals surface area (Å²) < 4.78 is 53.8. The number of nitrogens with one attached hydrogen (secondary N) is 1. The summed E-state index contributed by atoms with van der Waals surface area (Å²) >= 11 is 11.8. The van der Waals surface area contributed by atoms with Crippen molar-refractivity contribution in [2.24, 2.45) is 0 Å². The van der Waals surface area contributed by atoms with Gasteiger partial charge in [0.2, 0.25) is 0 Å². The van der Waals surface area contributed by atoms with E-state index in [1.807, 2.05) is 0 Å². The Morgan fingerprint density at radius 2 is 2.00 bits per heavy atom. The number of rotatable bonds is 8. The van der Waals surface area contributed by atoms with Crippen molar-refractivity contribution in [3.05, 3.63) is 46.5 Å². The monoisotopic (exact) mass is 572 g/mol. The Morgan fingerprint density at radius 1 is 1.24 bits per heavy atom. The fourth-order valence-corrected chi connectivity index (χ4v) is 4.85. The SMILES string of the molecule is COc1cc2ncnc(Nc3ccc(Cl)c(Cl)c3F)c2cc1OC1CCN(C(=O)[C@@H](C)OS(C)(=O)=O)C1. The van der Waals surface area contributed by atoms with Gasteiger partial charge in [0.05, 0.1) is 41.2 Å². The van der Waals surface area contributed by atoms with Gasteiger partial charge in [-0.2, -0.15) is 8.42 Å². The molecule has 1 amide bonds. The highest BCUT2D eigenvalue weighted by Crippen LogP contribution is 2.37. The van der Waals surface area contributed by atoms with E-state index in [4.69, 9.17) is 36.9 Å². The summed E-state index contributed by atoms with van der Waals surface area (Å²) in [6.07, 6.45) is 1.18. The molecule has 3 aromatic rings. The minimum absolute atomic E-state index is 0.0723. The molecule has 1 saturated heterocycles. The maximum absolute atomic E-state index is 14.6. The Hall–Kier alpha value is -2.93. The highest BCUT2D eigenvalue weighted by molar-refractivity contribution is 7.86. The number of benzene rings is 2. The van der Waals surface area contributed by atoms with E-state index >= 15 is 0 Å². The lowest BCUT2D eigenvalue weighted by Crippen LogP contribution is -2.39. The molecule has 1 unspecified atom stereocenters. The highest BCUT2D eigenvalue weighted by atomic mass is 35.5. The van der Waals surface area contributed by atoms with E-state index in [0.717, 1.165) is 6.26 Å². The van der Waals surface area contributed by atoms with E-state index in [1.165, 1.54) is 37.4 Å². The van der Waals surface area contributed by atoms with Crippen LogP contribution in [0.1, 0.15) is 13.3 Å². The first-order chi connectivity index (χ1) is 17.5. The molecule has 198 valence electrons. The molecule has 1 aliphatic rings. The Bertz CT molecular complexity index is 1460. The molecule has 1 N–H and O–H groups in total. The molecule has 14 heteroatoms. The fourth-order valence-electron chi connectivity index (χ4n) is 3.93. The zero-order valence-electron chi connectivity index (χ0n) is 20.0. The van der Waals surface area contributed by atoms with E-state index in [-0.39, 0.29) is 22.3 Å². The van der Waals surface area contributed by atoms with Crippen LogP contribution in [0.3, 0.4) is 0 Å². The van der Waals surface area contributed by atoms with Crippen LogP contribution in [0.15, 0.2) is 30.6 Å². The van der Waals surface area contributed by atoms with Crippen molar-refractivity contribution >= 4 is 61.6 Å². The first-order valence-electron chi connectivity index (χ1n) is 11.0. The Kier molecular flexibility index (Phi) is 7.93. The summed E-state index contributed by atoms with van der Waals surface area (Å²) in [5.74, 6) is -0.121. The Balaban J connectivity index is 1.57. The van der Waals surface area contributed by atoms with Crippen molar-refractivity contribution in [2.45, 2.75) is 25.6 Å². The summed E-state index contributed by atoms with van der Waals surface area (Å²) in [6.45, 7) is 1.97. The third-order valence-corrected chi connectivity index (χ3v) is 7.05. The molecule has 1 aromatic heterocycles. The highest BCUT2D eigenvalue weighted by Gasteiger charge is 2.32. The minimum Gasteiger partial charge on any atom is -0.493 e. The maximum Gasteiger partial charge on any atom is 0.265 e. The lowest BCUT2D eigenvalue weighted by atomic mass is 10.2. The molecule has 37 heavy (non-hydrogen) atoms. The topological polar surface area (TPSA) is 120 Å². The van der Waals surface area contributed by atoms with Crippen LogP contribution in [-0.2, 0) is 19.1 Å². The number of methoxy groups -OCH3 is 1. The van der Waals surface area contributed by atoms with E-state index in [9.17, 15) is 17.6 Å². The van der Waals surface area contributed by atoms with Gasteiger partial charge in [-0.05, 0) is 25.1 Å². The van der Waals surface area contributed by atoms with Crippen LogP contribution < -0.4 is 14.8 Å². The zero-order valence-corrected chi connectivity index (χ0v) is 22.3. The summed E-state index contributed by atoms with van der Waals surface area (Å²) in [7, 11) is -2.29. The molecule has 0 radical (unpaired) electrons. The lowest BCUT2D eigenvalue weighted by Gasteiger charge is -2.21. The second kappa shape index (κ2) is 10.8. The number of carbonyl (C=O) groups is 1. The van der Waals surface area contributed by atoms with Gasteiger partial charge in [0.1, 0.15) is 18.2 Å². The van der Waals surface area contributed by atoms with Crippen LogP contribution in [0.4, 0.5) is 15.9 Å². The van der Waals surface area contributed by atoms with Crippen LogP contribution in [0.25, 0.3) is 10.9 Å². The molecule has 0 bridgehead atoms. The number of hydrogen-bond acceptors (Lipinski definition) is 9. The number of carbonyl (C=O) groups excluding carboxylic acids is 1. The van der Waals surface area contributed by atoms with Crippen molar-refractivity contribution in [1.29, 1.82) is 0 Å². The number of fused-ring (bicyclic) bond motifs is 1. The summed E-state index contributed by atoms with van der Waals surface area (Å²) in [4.78, 5) is 22.6. The molecular formula is C23H23Cl2FN4O6S. The van der Waals surface area contributed by atoms with Crippen LogP contribution in [0, 0.1) is 5.82 Å². The van der Waals surface area contributed by atoms with Crippen LogP contribution in [0.2, 0.25) is 10.0 Å². The first kappa shape index (κ1) is 27.1. The molecule has 2 aromatic carbocycles. The quantitative estimate of drug-likeness (QED) is 0.313. The molecule has 2 atom stereocenters. The van der Waals surface area contributed by atoms with Crippen LogP contribution >= 0.6 is 23.2 Å². The normalized spacial score (nSPS) is 16.6. The standard InChI is InChI=1S/C23H23Cl2FN4O6S/c1-12(36-37(3,32)33)23(31)30-7-6-13(10-30)35-19-8-14-17(9-18(19)34-2)27-11-28-22(14)29-16-5-4-15(24)20(25)21(16)26/h4-5,8-9,11-13H,6-7,10H2,1-3H3,(H,27,28,29)/t12-,13?/m1/s1. The van der Waals surface area contributed by atoms with E-state index < -0.39 is 34.1 Å². The number of anilines is 2. The van der Waals surface area contributed by atoms with Gasteiger partial charge in [-0.25, -0.2) is 14.4 Å².